The number of cyclic esters (lactones) is 1. The number of anilines is 1. The third kappa shape index (κ3) is 3.33. The third-order valence-corrected chi connectivity index (χ3v) is 5.67. The van der Waals surface area contributed by atoms with Crippen molar-refractivity contribution in [1.82, 2.24) is 9.88 Å². The second-order valence-corrected chi connectivity index (χ2v) is 7.27. The molecular formula is C17H21N3O2S. The van der Waals surface area contributed by atoms with Gasteiger partial charge in [0, 0.05) is 39.1 Å². The average molecular weight is 331 g/mol. The van der Waals surface area contributed by atoms with Gasteiger partial charge in [0.1, 0.15) is 6.10 Å². The fraction of sp³-hybridized carbons (Fsp3) is 0.529. The van der Waals surface area contributed by atoms with Crippen LogP contribution >= 0.6 is 11.3 Å². The summed E-state index contributed by atoms with van der Waals surface area (Å²) < 4.78 is 6.60. The van der Waals surface area contributed by atoms with Crippen LogP contribution < -0.4 is 4.90 Å². The molecule has 3 heterocycles. The van der Waals surface area contributed by atoms with E-state index in [1.807, 2.05) is 6.07 Å². The fourth-order valence-electron chi connectivity index (χ4n) is 3.34. The number of para-hydroxylation sites is 1. The molecule has 0 unspecified atom stereocenters. The van der Waals surface area contributed by atoms with E-state index in [9.17, 15) is 4.79 Å². The Labute approximate surface area is 139 Å². The largest absolute Gasteiger partial charge is 0.461 e. The molecule has 2 aliphatic heterocycles. The Morgan fingerprint density at radius 1 is 1.22 bits per heavy atom. The third-order valence-electron chi connectivity index (χ3n) is 4.57. The Morgan fingerprint density at radius 2 is 2.13 bits per heavy atom. The van der Waals surface area contributed by atoms with Gasteiger partial charge < -0.3 is 9.64 Å². The molecule has 6 heteroatoms. The van der Waals surface area contributed by atoms with Crippen LogP contribution in [-0.2, 0) is 9.53 Å². The summed E-state index contributed by atoms with van der Waals surface area (Å²) in [6, 6.07) is 8.32. The summed E-state index contributed by atoms with van der Waals surface area (Å²) in [6.45, 7) is 4.97. The number of aromatic nitrogens is 1. The maximum Gasteiger partial charge on any atom is 0.306 e. The van der Waals surface area contributed by atoms with Crippen molar-refractivity contribution in [3.63, 3.8) is 0 Å². The van der Waals surface area contributed by atoms with Gasteiger partial charge in [-0.05, 0) is 25.0 Å². The minimum Gasteiger partial charge on any atom is -0.461 e. The van der Waals surface area contributed by atoms with Gasteiger partial charge in [0.25, 0.3) is 0 Å². The number of carbonyl (C=O) groups excluding carboxylic acids is 1. The van der Waals surface area contributed by atoms with Crippen molar-refractivity contribution in [2.24, 2.45) is 0 Å². The second-order valence-electron chi connectivity index (χ2n) is 6.26. The molecule has 0 bridgehead atoms. The van der Waals surface area contributed by atoms with E-state index in [4.69, 9.17) is 9.72 Å². The lowest BCUT2D eigenvalue weighted by Gasteiger charge is -2.23. The molecule has 0 saturated carbocycles. The van der Waals surface area contributed by atoms with E-state index < -0.39 is 0 Å². The molecule has 2 aliphatic rings. The quantitative estimate of drug-likeness (QED) is 0.809. The van der Waals surface area contributed by atoms with E-state index in [0.717, 1.165) is 56.2 Å². The summed E-state index contributed by atoms with van der Waals surface area (Å²) in [6.07, 6.45) is 2.67. The van der Waals surface area contributed by atoms with Gasteiger partial charge >= 0.3 is 5.97 Å². The first-order chi connectivity index (χ1) is 11.3. The van der Waals surface area contributed by atoms with Gasteiger partial charge in [-0.3, -0.25) is 9.69 Å². The number of rotatable bonds is 3. The van der Waals surface area contributed by atoms with Gasteiger partial charge in [-0.15, -0.1) is 0 Å². The number of esters is 1. The summed E-state index contributed by atoms with van der Waals surface area (Å²) >= 11 is 1.77. The van der Waals surface area contributed by atoms with Crippen LogP contribution in [-0.4, -0.2) is 54.7 Å². The number of fused-ring (bicyclic) bond motifs is 1. The predicted octanol–water partition coefficient (Wildman–Crippen LogP) is 2.51. The molecule has 1 atom stereocenters. The van der Waals surface area contributed by atoms with Crippen molar-refractivity contribution in [2.75, 3.05) is 37.6 Å². The SMILES string of the molecule is O=C1CC[C@@H](CN2CCCN(c3nc4ccccc4s3)CC2)O1. The lowest BCUT2D eigenvalue weighted by Crippen LogP contribution is -2.35. The summed E-state index contributed by atoms with van der Waals surface area (Å²) in [5.41, 5.74) is 1.09. The van der Waals surface area contributed by atoms with E-state index in [2.05, 4.69) is 28.0 Å². The van der Waals surface area contributed by atoms with E-state index in [1.165, 1.54) is 4.70 Å². The van der Waals surface area contributed by atoms with Crippen molar-refractivity contribution < 1.29 is 9.53 Å². The van der Waals surface area contributed by atoms with Gasteiger partial charge in [0.2, 0.25) is 0 Å². The Bertz CT molecular complexity index is 669. The topological polar surface area (TPSA) is 45.7 Å². The molecule has 0 aliphatic carbocycles. The lowest BCUT2D eigenvalue weighted by molar-refractivity contribution is -0.141. The first kappa shape index (κ1) is 14.9. The molecule has 0 N–H and O–H groups in total. The van der Waals surface area contributed by atoms with Crippen molar-refractivity contribution >= 4 is 32.7 Å². The highest BCUT2D eigenvalue weighted by Crippen LogP contribution is 2.29. The summed E-state index contributed by atoms with van der Waals surface area (Å²) in [5.74, 6) is -0.0408. The van der Waals surface area contributed by atoms with Gasteiger partial charge in [0.05, 0.1) is 10.2 Å². The van der Waals surface area contributed by atoms with Crippen LogP contribution in [0.3, 0.4) is 0 Å². The summed E-state index contributed by atoms with van der Waals surface area (Å²) in [4.78, 5) is 20.8. The number of nitrogens with zero attached hydrogens (tertiary/aromatic N) is 3. The Kier molecular flexibility index (Phi) is 4.18. The molecule has 2 fully saturated rings. The maximum absolute atomic E-state index is 11.2. The van der Waals surface area contributed by atoms with Crippen LogP contribution in [0.25, 0.3) is 10.2 Å². The monoisotopic (exact) mass is 331 g/mol. The van der Waals surface area contributed by atoms with Gasteiger partial charge in [-0.1, -0.05) is 23.5 Å². The number of carbonyl (C=O) groups is 1. The Balaban J connectivity index is 1.39. The molecule has 0 amide bonds. The molecule has 0 radical (unpaired) electrons. The second kappa shape index (κ2) is 6.45. The zero-order valence-corrected chi connectivity index (χ0v) is 13.9. The minimum atomic E-state index is -0.0408. The fourth-order valence-corrected chi connectivity index (χ4v) is 4.36. The highest BCUT2D eigenvalue weighted by molar-refractivity contribution is 7.22. The molecule has 0 spiro atoms. The number of hydrogen-bond donors (Lipinski definition) is 0. The van der Waals surface area contributed by atoms with Crippen LogP contribution in [0.15, 0.2) is 24.3 Å². The maximum atomic E-state index is 11.2. The first-order valence-corrected chi connectivity index (χ1v) is 9.12. The first-order valence-electron chi connectivity index (χ1n) is 8.30. The molecule has 2 saturated heterocycles. The number of thiazole rings is 1. The Hall–Kier alpha value is -1.66. The van der Waals surface area contributed by atoms with E-state index >= 15 is 0 Å². The normalized spacial score (nSPS) is 23.2. The molecule has 4 rings (SSSR count). The molecule has 1 aromatic heterocycles. The number of ether oxygens (including phenoxy) is 1. The smallest absolute Gasteiger partial charge is 0.306 e. The highest BCUT2D eigenvalue weighted by atomic mass is 32.1. The van der Waals surface area contributed by atoms with Crippen LogP contribution in [0.4, 0.5) is 5.13 Å². The minimum absolute atomic E-state index is 0.0408. The van der Waals surface area contributed by atoms with Gasteiger partial charge in [0.15, 0.2) is 5.13 Å². The zero-order valence-electron chi connectivity index (χ0n) is 13.1. The van der Waals surface area contributed by atoms with Crippen LogP contribution in [0, 0.1) is 0 Å². The molecule has 1 aromatic carbocycles. The molecule has 2 aromatic rings. The number of hydrogen-bond acceptors (Lipinski definition) is 6. The molecule has 5 nitrogen and oxygen atoms in total. The standard InChI is InChI=1S/C17H21N3O2S/c21-16-7-6-13(22-16)12-19-8-3-9-20(11-10-19)17-18-14-4-1-2-5-15(14)23-17/h1-2,4-5,13H,3,6-12H2/t13-/m0/s1. The Morgan fingerprint density at radius 3 is 2.96 bits per heavy atom. The number of benzene rings is 1. The predicted molar refractivity (Wildman–Crippen MR) is 92.0 cm³/mol. The highest BCUT2D eigenvalue weighted by Gasteiger charge is 2.26. The summed E-state index contributed by atoms with van der Waals surface area (Å²) in [7, 11) is 0. The van der Waals surface area contributed by atoms with Crippen molar-refractivity contribution in [3.8, 4) is 0 Å². The van der Waals surface area contributed by atoms with Crippen molar-refractivity contribution in [3.05, 3.63) is 24.3 Å². The van der Waals surface area contributed by atoms with Crippen molar-refractivity contribution in [1.29, 1.82) is 0 Å². The lowest BCUT2D eigenvalue weighted by atomic mass is 10.2. The molecule has 122 valence electrons. The van der Waals surface area contributed by atoms with Gasteiger partial charge in [-0.2, -0.15) is 0 Å². The van der Waals surface area contributed by atoms with Crippen LogP contribution in [0.1, 0.15) is 19.3 Å². The van der Waals surface area contributed by atoms with E-state index in [-0.39, 0.29) is 12.1 Å². The molecule has 23 heavy (non-hydrogen) atoms. The zero-order chi connectivity index (χ0) is 15.6. The van der Waals surface area contributed by atoms with E-state index in [0.29, 0.717) is 6.42 Å². The molecular weight excluding hydrogens is 310 g/mol. The van der Waals surface area contributed by atoms with Gasteiger partial charge in [-0.25, -0.2) is 4.98 Å². The van der Waals surface area contributed by atoms with Crippen LogP contribution in [0.5, 0.6) is 0 Å². The van der Waals surface area contributed by atoms with E-state index in [1.54, 1.807) is 11.3 Å². The average Bonchev–Trinajstić information content (AvgIpc) is 3.08. The van der Waals surface area contributed by atoms with Crippen LogP contribution in [0.2, 0.25) is 0 Å². The van der Waals surface area contributed by atoms with Crippen molar-refractivity contribution in [2.45, 2.75) is 25.4 Å². The summed E-state index contributed by atoms with van der Waals surface area (Å²) in [5, 5.41) is 1.13.